The highest BCUT2D eigenvalue weighted by atomic mass is 32.2. The topological polar surface area (TPSA) is 49.4 Å². The number of hydrogen-bond acceptors (Lipinski definition) is 4. The van der Waals surface area contributed by atoms with Gasteiger partial charge in [0.15, 0.2) is 0 Å². The molecule has 21 heavy (non-hydrogen) atoms. The molecule has 0 aliphatic rings. The average molecular weight is 333 g/mol. The molecule has 0 aliphatic heterocycles. The van der Waals surface area contributed by atoms with E-state index in [1.807, 2.05) is 40.0 Å². The van der Waals surface area contributed by atoms with Gasteiger partial charge in [-0.3, -0.25) is 0 Å². The van der Waals surface area contributed by atoms with Gasteiger partial charge < -0.3 is 5.32 Å². The van der Waals surface area contributed by atoms with Crippen molar-refractivity contribution in [3.8, 4) is 0 Å². The Morgan fingerprint density at radius 1 is 1.19 bits per heavy atom. The first kappa shape index (κ1) is 18.6. The Morgan fingerprint density at radius 3 is 2.24 bits per heavy atom. The van der Waals surface area contributed by atoms with Crippen LogP contribution in [0.3, 0.4) is 0 Å². The van der Waals surface area contributed by atoms with Gasteiger partial charge in [0.1, 0.15) is 4.21 Å². The van der Waals surface area contributed by atoms with Crippen molar-refractivity contribution in [2.45, 2.75) is 45.4 Å². The van der Waals surface area contributed by atoms with E-state index in [0.29, 0.717) is 29.1 Å². The quantitative estimate of drug-likeness (QED) is 0.756. The summed E-state index contributed by atoms with van der Waals surface area (Å²) in [5.74, 6) is 0.638. The standard InChI is InChI=1S/C15H28N2O2S2/c1-6-16-8-14-7-15(20-11-14)21(18,19)17(9-12(2)3)10-13(4)5/h7,11-13,16H,6,8-10H2,1-5H3. The maximum atomic E-state index is 12.8. The summed E-state index contributed by atoms with van der Waals surface area (Å²) in [5, 5.41) is 5.15. The van der Waals surface area contributed by atoms with Gasteiger partial charge in [0.25, 0.3) is 10.0 Å². The Kier molecular flexibility index (Phi) is 7.33. The summed E-state index contributed by atoms with van der Waals surface area (Å²) in [7, 11) is -3.37. The molecule has 0 saturated heterocycles. The first-order valence-corrected chi connectivity index (χ1v) is 9.87. The minimum absolute atomic E-state index is 0.319. The molecule has 0 radical (unpaired) electrons. The Labute approximate surface area is 133 Å². The number of rotatable bonds is 9. The Balaban J connectivity index is 2.96. The van der Waals surface area contributed by atoms with Crippen LogP contribution in [-0.2, 0) is 16.6 Å². The van der Waals surface area contributed by atoms with Gasteiger partial charge in [0.2, 0.25) is 0 Å². The molecule has 0 unspecified atom stereocenters. The molecule has 0 bridgehead atoms. The van der Waals surface area contributed by atoms with E-state index >= 15 is 0 Å². The summed E-state index contributed by atoms with van der Waals surface area (Å²) in [4.78, 5) is 0. The van der Waals surface area contributed by atoms with E-state index < -0.39 is 10.0 Å². The van der Waals surface area contributed by atoms with Gasteiger partial charge in [-0.1, -0.05) is 34.6 Å². The van der Waals surface area contributed by atoms with Crippen molar-refractivity contribution in [3.05, 3.63) is 17.0 Å². The smallest absolute Gasteiger partial charge is 0.252 e. The maximum Gasteiger partial charge on any atom is 0.252 e. The third-order valence-electron chi connectivity index (χ3n) is 2.94. The second kappa shape index (κ2) is 8.27. The summed E-state index contributed by atoms with van der Waals surface area (Å²) in [5.41, 5.74) is 1.04. The van der Waals surface area contributed by atoms with Crippen LogP contribution in [-0.4, -0.2) is 32.4 Å². The highest BCUT2D eigenvalue weighted by molar-refractivity contribution is 7.91. The first-order chi connectivity index (χ1) is 9.77. The zero-order chi connectivity index (χ0) is 16.0. The molecule has 1 rings (SSSR count). The van der Waals surface area contributed by atoms with Gasteiger partial charge in [-0.2, -0.15) is 4.31 Å². The number of hydrogen-bond donors (Lipinski definition) is 1. The average Bonchev–Trinajstić information content (AvgIpc) is 2.83. The van der Waals surface area contributed by atoms with Gasteiger partial charge in [-0.05, 0) is 35.4 Å². The second-order valence-corrected chi connectivity index (χ2v) is 9.24. The van der Waals surface area contributed by atoms with E-state index in [0.717, 1.165) is 18.7 Å². The van der Waals surface area contributed by atoms with Crippen molar-refractivity contribution in [1.29, 1.82) is 0 Å². The number of thiophene rings is 1. The molecule has 1 heterocycles. The predicted octanol–water partition coefficient (Wildman–Crippen LogP) is 3.16. The van der Waals surface area contributed by atoms with E-state index in [9.17, 15) is 8.42 Å². The largest absolute Gasteiger partial charge is 0.313 e. The van der Waals surface area contributed by atoms with Crippen LogP contribution in [0.1, 0.15) is 40.2 Å². The third-order valence-corrected chi connectivity index (χ3v) is 6.24. The van der Waals surface area contributed by atoms with Crippen molar-refractivity contribution < 1.29 is 8.42 Å². The lowest BCUT2D eigenvalue weighted by atomic mass is 10.2. The summed E-state index contributed by atoms with van der Waals surface area (Å²) in [6, 6.07) is 1.80. The molecule has 0 aromatic carbocycles. The molecule has 4 nitrogen and oxygen atoms in total. The van der Waals surface area contributed by atoms with Crippen LogP contribution in [0, 0.1) is 11.8 Å². The van der Waals surface area contributed by atoms with Crippen molar-refractivity contribution >= 4 is 21.4 Å². The molecular formula is C15H28N2O2S2. The van der Waals surface area contributed by atoms with Crippen molar-refractivity contribution in [1.82, 2.24) is 9.62 Å². The van der Waals surface area contributed by atoms with Gasteiger partial charge in [0.05, 0.1) is 0 Å². The lowest BCUT2D eigenvalue weighted by molar-refractivity contribution is 0.334. The highest BCUT2D eigenvalue weighted by Gasteiger charge is 2.27. The highest BCUT2D eigenvalue weighted by Crippen LogP contribution is 2.25. The van der Waals surface area contributed by atoms with Crippen LogP contribution in [0.5, 0.6) is 0 Å². The monoisotopic (exact) mass is 332 g/mol. The lowest BCUT2D eigenvalue weighted by Gasteiger charge is -2.24. The molecule has 0 aliphatic carbocycles. The molecule has 6 heteroatoms. The van der Waals surface area contributed by atoms with Gasteiger partial charge in [-0.25, -0.2) is 8.42 Å². The van der Waals surface area contributed by atoms with E-state index in [2.05, 4.69) is 5.32 Å². The zero-order valence-electron chi connectivity index (χ0n) is 13.7. The second-order valence-electron chi connectivity index (χ2n) is 6.16. The van der Waals surface area contributed by atoms with Gasteiger partial charge >= 0.3 is 0 Å². The predicted molar refractivity (Wildman–Crippen MR) is 90.1 cm³/mol. The normalized spacial score (nSPS) is 12.8. The number of nitrogens with zero attached hydrogens (tertiary/aromatic N) is 1. The van der Waals surface area contributed by atoms with Gasteiger partial charge in [-0.15, -0.1) is 11.3 Å². The summed E-state index contributed by atoms with van der Waals surface area (Å²) in [6.45, 7) is 13.0. The van der Waals surface area contributed by atoms with E-state index in [1.54, 1.807) is 10.4 Å². The van der Waals surface area contributed by atoms with E-state index in [4.69, 9.17) is 0 Å². The Hall–Kier alpha value is -0.430. The maximum absolute atomic E-state index is 12.8. The molecule has 1 N–H and O–H groups in total. The Morgan fingerprint density at radius 2 is 1.76 bits per heavy atom. The number of nitrogens with one attached hydrogen (secondary N) is 1. The molecule has 0 saturated carbocycles. The first-order valence-electron chi connectivity index (χ1n) is 7.55. The van der Waals surface area contributed by atoms with Crippen molar-refractivity contribution in [3.63, 3.8) is 0 Å². The zero-order valence-corrected chi connectivity index (χ0v) is 15.4. The molecule has 1 aromatic rings. The van der Waals surface area contributed by atoms with Crippen LogP contribution < -0.4 is 5.32 Å². The summed E-state index contributed by atoms with van der Waals surface area (Å²) >= 11 is 1.32. The lowest BCUT2D eigenvalue weighted by Crippen LogP contribution is -2.36. The fraction of sp³-hybridized carbons (Fsp3) is 0.733. The van der Waals surface area contributed by atoms with Crippen molar-refractivity contribution in [2.24, 2.45) is 11.8 Å². The van der Waals surface area contributed by atoms with Crippen LogP contribution >= 0.6 is 11.3 Å². The van der Waals surface area contributed by atoms with Crippen LogP contribution in [0.15, 0.2) is 15.7 Å². The van der Waals surface area contributed by atoms with E-state index in [1.165, 1.54) is 11.3 Å². The molecule has 0 amide bonds. The van der Waals surface area contributed by atoms with Crippen LogP contribution in [0.25, 0.3) is 0 Å². The number of sulfonamides is 1. The van der Waals surface area contributed by atoms with Crippen LogP contribution in [0.4, 0.5) is 0 Å². The molecule has 0 fully saturated rings. The van der Waals surface area contributed by atoms with Crippen molar-refractivity contribution in [2.75, 3.05) is 19.6 Å². The molecule has 1 aromatic heterocycles. The summed E-state index contributed by atoms with van der Waals surface area (Å²) < 4.78 is 27.7. The van der Waals surface area contributed by atoms with Crippen LogP contribution in [0.2, 0.25) is 0 Å². The molecule has 122 valence electrons. The fourth-order valence-electron chi connectivity index (χ4n) is 2.06. The Bertz CT molecular complexity index is 512. The fourth-order valence-corrected chi connectivity index (χ4v) is 5.19. The van der Waals surface area contributed by atoms with Gasteiger partial charge in [0, 0.05) is 19.6 Å². The van der Waals surface area contributed by atoms with E-state index in [-0.39, 0.29) is 0 Å². The third kappa shape index (κ3) is 5.70. The minimum atomic E-state index is -3.37. The molecule has 0 atom stereocenters. The SMILES string of the molecule is CCNCc1csc(S(=O)(=O)N(CC(C)C)CC(C)C)c1. The molecule has 0 spiro atoms. The summed E-state index contributed by atoms with van der Waals surface area (Å²) in [6.07, 6.45) is 0. The molecular weight excluding hydrogens is 304 g/mol. The minimum Gasteiger partial charge on any atom is -0.313 e.